The molecule has 152 valence electrons. The van der Waals surface area contributed by atoms with E-state index in [2.05, 4.69) is 32.2 Å². The molecular formula is C22H23N7O. The second-order valence-electron chi connectivity index (χ2n) is 7.56. The van der Waals surface area contributed by atoms with E-state index < -0.39 is 0 Å². The van der Waals surface area contributed by atoms with Crippen molar-refractivity contribution in [2.24, 2.45) is 0 Å². The molecule has 0 saturated carbocycles. The van der Waals surface area contributed by atoms with Crippen molar-refractivity contribution in [3.63, 3.8) is 0 Å². The van der Waals surface area contributed by atoms with E-state index in [0.29, 0.717) is 31.0 Å². The van der Waals surface area contributed by atoms with Crippen LogP contribution in [0, 0.1) is 0 Å². The lowest BCUT2D eigenvalue weighted by Gasteiger charge is -2.32. The number of hydrogen-bond donors (Lipinski definition) is 1. The molecule has 0 aliphatic carbocycles. The molecular weight excluding hydrogens is 378 g/mol. The summed E-state index contributed by atoms with van der Waals surface area (Å²) in [6.45, 7) is 3.74. The van der Waals surface area contributed by atoms with Crippen molar-refractivity contribution >= 4 is 28.3 Å². The number of piperazine rings is 1. The number of fused-ring (bicyclic) bond motifs is 3. The quantitative estimate of drug-likeness (QED) is 0.565. The lowest BCUT2D eigenvalue weighted by molar-refractivity contribution is 0.0668. The fourth-order valence-electron chi connectivity index (χ4n) is 3.96. The van der Waals surface area contributed by atoms with E-state index >= 15 is 0 Å². The van der Waals surface area contributed by atoms with Gasteiger partial charge in [-0.1, -0.05) is 12.1 Å². The predicted octanol–water partition coefficient (Wildman–Crippen LogP) is 2.28. The smallest absolute Gasteiger partial charge is 0.256 e. The van der Waals surface area contributed by atoms with E-state index in [1.807, 2.05) is 52.0 Å². The molecule has 8 heteroatoms. The Hall–Kier alpha value is -3.52. The summed E-state index contributed by atoms with van der Waals surface area (Å²) in [6, 6.07) is 9.77. The second-order valence-corrected chi connectivity index (χ2v) is 7.56. The van der Waals surface area contributed by atoms with Crippen molar-refractivity contribution in [2.75, 3.05) is 38.5 Å². The molecule has 1 aliphatic heterocycles. The maximum Gasteiger partial charge on any atom is 0.256 e. The number of rotatable bonds is 4. The number of aromatic nitrogens is 4. The normalized spacial score (nSPS) is 15.0. The number of pyridine rings is 2. The topological polar surface area (TPSA) is 78.7 Å². The third-order valence-electron chi connectivity index (χ3n) is 5.61. The second kappa shape index (κ2) is 7.72. The molecule has 0 radical (unpaired) electrons. The van der Waals surface area contributed by atoms with Gasteiger partial charge < -0.3 is 19.5 Å². The minimum Gasteiger partial charge on any atom is -0.365 e. The van der Waals surface area contributed by atoms with Crippen LogP contribution in [-0.4, -0.2) is 68.3 Å². The van der Waals surface area contributed by atoms with Gasteiger partial charge in [-0.15, -0.1) is 0 Å². The van der Waals surface area contributed by atoms with Crippen molar-refractivity contribution in [1.29, 1.82) is 0 Å². The van der Waals surface area contributed by atoms with Gasteiger partial charge in [0.2, 0.25) is 0 Å². The number of anilines is 1. The molecule has 0 unspecified atom stereocenters. The molecule has 5 rings (SSSR count). The van der Waals surface area contributed by atoms with Crippen LogP contribution in [0.3, 0.4) is 0 Å². The van der Waals surface area contributed by atoms with Crippen LogP contribution in [0.4, 0.5) is 5.82 Å². The Bertz CT molecular complexity index is 1200. The minimum absolute atomic E-state index is 0.0287. The van der Waals surface area contributed by atoms with E-state index in [0.717, 1.165) is 35.2 Å². The van der Waals surface area contributed by atoms with Crippen molar-refractivity contribution < 1.29 is 4.79 Å². The first-order chi connectivity index (χ1) is 14.7. The molecule has 8 nitrogen and oxygen atoms in total. The fraction of sp³-hybridized carbons (Fsp3) is 0.273. The fourth-order valence-corrected chi connectivity index (χ4v) is 3.96. The zero-order valence-corrected chi connectivity index (χ0v) is 16.8. The van der Waals surface area contributed by atoms with Crippen LogP contribution >= 0.6 is 0 Å². The molecule has 4 aromatic rings. The minimum atomic E-state index is 0.0287. The average Bonchev–Trinajstić information content (AvgIpc) is 3.13. The van der Waals surface area contributed by atoms with Crippen LogP contribution in [0.5, 0.6) is 0 Å². The highest BCUT2D eigenvalue weighted by Gasteiger charge is 2.27. The first kappa shape index (κ1) is 18.5. The summed E-state index contributed by atoms with van der Waals surface area (Å²) in [5, 5.41) is 4.15. The monoisotopic (exact) mass is 401 g/mol. The molecule has 1 amide bonds. The highest BCUT2D eigenvalue weighted by Crippen LogP contribution is 2.31. The average molecular weight is 401 g/mol. The van der Waals surface area contributed by atoms with Crippen molar-refractivity contribution in [2.45, 2.75) is 6.54 Å². The molecule has 0 spiro atoms. The van der Waals surface area contributed by atoms with Gasteiger partial charge in [-0.25, -0.2) is 9.97 Å². The van der Waals surface area contributed by atoms with E-state index in [1.165, 1.54) is 6.33 Å². The van der Waals surface area contributed by atoms with Crippen LogP contribution in [0.25, 0.3) is 16.6 Å². The zero-order valence-electron chi connectivity index (χ0n) is 16.8. The van der Waals surface area contributed by atoms with Crippen LogP contribution < -0.4 is 5.32 Å². The highest BCUT2D eigenvalue weighted by molar-refractivity contribution is 6.16. The summed E-state index contributed by atoms with van der Waals surface area (Å²) in [5.74, 6) is 0.686. The zero-order chi connectivity index (χ0) is 20.5. The largest absolute Gasteiger partial charge is 0.365 e. The molecule has 0 bridgehead atoms. The summed E-state index contributed by atoms with van der Waals surface area (Å²) < 4.78 is 1.97. The van der Waals surface area contributed by atoms with E-state index in [4.69, 9.17) is 0 Å². The summed E-state index contributed by atoms with van der Waals surface area (Å²) in [5.41, 5.74) is 3.28. The Morgan fingerprint density at radius 1 is 1.10 bits per heavy atom. The standard InChI is InChI=1S/C22H23N7O/c1-27-9-11-28(12-10-27)22(30)18-17-6-2-3-8-29(17)21-19(18)20(25-15-26-21)24-14-16-5-4-7-23-13-16/h2-8,13,15H,9-12,14H2,1H3,(H,24,25,26). The van der Waals surface area contributed by atoms with Gasteiger partial charge in [-0.05, 0) is 30.8 Å². The third-order valence-corrected chi connectivity index (χ3v) is 5.61. The van der Waals surface area contributed by atoms with Crippen molar-refractivity contribution in [3.05, 3.63) is 66.4 Å². The summed E-state index contributed by atoms with van der Waals surface area (Å²) >= 11 is 0. The number of nitrogens with one attached hydrogen (secondary N) is 1. The van der Waals surface area contributed by atoms with Gasteiger partial charge >= 0.3 is 0 Å². The van der Waals surface area contributed by atoms with Gasteiger partial charge in [0.15, 0.2) is 5.65 Å². The Morgan fingerprint density at radius 3 is 2.77 bits per heavy atom. The first-order valence-corrected chi connectivity index (χ1v) is 10.1. The maximum absolute atomic E-state index is 13.6. The van der Waals surface area contributed by atoms with Gasteiger partial charge in [0.05, 0.1) is 16.5 Å². The van der Waals surface area contributed by atoms with Gasteiger partial charge in [0.25, 0.3) is 5.91 Å². The third kappa shape index (κ3) is 3.25. The van der Waals surface area contributed by atoms with Crippen molar-refractivity contribution in [3.8, 4) is 0 Å². The number of nitrogens with zero attached hydrogens (tertiary/aromatic N) is 6. The van der Waals surface area contributed by atoms with Gasteiger partial charge in [-0.3, -0.25) is 9.78 Å². The lowest BCUT2D eigenvalue weighted by atomic mass is 10.1. The number of hydrogen-bond acceptors (Lipinski definition) is 6. The van der Waals surface area contributed by atoms with Crippen molar-refractivity contribution in [1.82, 2.24) is 29.2 Å². The van der Waals surface area contributed by atoms with E-state index in [9.17, 15) is 4.79 Å². The number of likely N-dealkylation sites (N-methyl/N-ethyl adjacent to an activating group) is 1. The summed E-state index contributed by atoms with van der Waals surface area (Å²) in [7, 11) is 2.08. The molecule has 1 saturated heterocycles. The number of carbonyl (C=O) groups is 1. The van der Waals surface area contributed by atoms with E-state index in [-0.39, 0.29) is 5.91 Å². The lowest BCUT2D eigenvalue weighted by Crippen LogP contribution is -2.47. The summed E-state index contributed by atoms with van der Waals surface area (Å²) in [4.78, 5) is 30.9. The van der Waals surface area contributed by atoms with E-state index in [1.54, 1.807) is 6.20 Å². The van der Waals surface area contributed by atoms with Crippen LogP contribution in [0.15, 0.2) is 55.2 Å². The molecule has 1 N–H and O–H groups in total. The highest BCUT2D eigenvalue weighted by atomic mass is 16.2. The van der Waals surface area contributed by atoms with Gasteiger partial charge in [-0.2, -0.15) is 0 Å². The predicted molar refractivity (Wildman–Crippen MR) is 115 cm³/mol. The molecule has 0 atom stereocenters. The Balaban J connectivity index is 1.61. The van der Waals surface area contributed by atoms with Gasteiger partial charge in [0.1, 0.15) is 12.1 Å². The van der Waals surface area contributed by atoms with Crippen LogP contribution in [-0.2, 0) is 6.54 Å². The van der Waals surface area contributed by atoms with Crippen LogP contribution in [0.1, 0.15) is 15.9 Å². The molecule has 1 fully saturated rings. The number of carbonyl (C=O) groups excluding carboxylic acids is 1. The molecule has 4 aromatic heterocycles. The maximum atomic E-state index is 13.6. The summed E-state index contributed by atoms with van der Waals surface area (Å²) in [6.07, 6.45) is 7.05. The Morgan fingerprint density at radius 2 is 1.97 bits per heavy atom. The SMILES string of the molecule is CN1CCN(C(=O)c2c3c(NCc4cccnc4)ncnc3n3ccccc23)CC1. The van der Waals surface area contributed by atoms with Gasteiger partial charge in [0, 0.05) is 51.3 Å². The van der Waals surface area contributed by atoms with Crippen LogP contribution in [0.2, 0.25) is 0 Å². The molecule has 5 heterocycles. The Kier molecular flexibility index (Phi) is 4.76. The molecule has 0 aromatic carbocycles. The first-order valence-electron chi connectivity index (χ1n) is 10.1. The molecule has 1 aliphatic rings. The molecule has 30 heavy (non-hydrogen) atoms. The Labute approximate surface area is 174 Å². The number of amides is 1.